The number of hydrogen-bond acceptors (Lipinski definition) is 4. The van der Waals surface area contributed by atoms with Crippen LogP contribution in [0.3, 0.4) is 0 Å². The zero-order valence-electron chi connectivity index (χ0n) is 13.5. The molecule has 3 aromatic heterocycles. The normalized spacial score (nSPS) is 18.8. The Hall–Kier alpha value is -2.34. The fourth-order valence-corrected chi connectivity index (χ4v) is 3.30. The van der Waals surface area contributed by atoms with E-state index in [0.29, 0.717) is 12.6 Å². The second-order valence-electron chi connectivity index (χ2n) is 6.18. The quantitative estimate of drug-likeness (QED) is 0.741. The zero-order valence-corrected chi connectivity index (χ0v) is 13.5. The van der Waals surface area contributed by atoms with Crippen LogP contribution >= 0.6 is 0 Å². The van der Waals surface area contributed by atoms with Gasteiger partial charge in [0.05, 0.1) is 11.7 Å². The van der Waals surface area contributed by atoms with Crippen molar-refractivity contribution in [3.8, 4) is 17.0 Å². The van der Waals surface area contributed by atoms with E-state index in [2.05, 4.69) is 28.2 Å². The Balaban J connectivity index is 1.61. The first-order valence-electron chi connectivity index (χ1n) is 8.01. The van der Waals surface area contributed by atoms with Crippen molar-refractivity contribution in [2.75, 3.05) is 20.2 Å². The van der Waals surface area contributed by atoms with E-state index >= 15 is 0 Å². The molecule has 0 spiro atoms. The van der Waals surface area contributed by atoms with E-state index < -0.39 is 0 Å². The summed E-state index contributed by atoms with van der Waals surface area (Å²) in [6.07, 6.45) is 8.03. The fraction of sp³-hybridized carbons (Fsp3) is 0.412. The molecule has 4 heterocycles. The SMILES string of the molecule is CN1CCC[C@@H]1COc1cnn(C)c1-c1ccn2nccc2c1. The Bertz CT molecular complexity index is 821. The first-order chi connectivity index (χ1) is 11.2. The molecule has 0 radical (unpaired) electrons. The van der Waals surface area contributed by atoms with Crippen molar-refractivity contribution in [3.63, 3.8) is 0 Å². The van der Waals surface area contributed by atoms with E-state index in [1.165, 1.54) is 12.8 Å². The monoisotopic (exact) mass is 311 g/mol. The van der Waals surface area contributed by atoms with Crippen molar-refractivity contribution in [1.82, 2.24) is 24.3 Å². The lowest BCUT2D eigenvalue weighted by Gasteiger charge is -2.19. The summed E-state index contributed by atoms with van der Waals surface area (Å²) < 4.78 is 9.84. The minimum Gasteiger partial charge on any atom is -0.488 e. The highest BCUT2D eigenvalue weighted by Crippen LogP contribution is 2.30. The number of hydrogen-bond donors (Lipinski definition) is 0. The highest BCUT2D eigenvalue weighted by atomic mass is 16.5. The predicted octanol–water partition coefficient (Wildman–Crippen LogP) is 2.21. The van der Waals surface area contributed by atoms with E-state index in [4.69, 9.17) is 4.74 Å². The van der Waals surface area contributed by atoms with Crippen LogP contribution in [0.4, 0.5) is 0 Å². The van der Waals surface area contributed by atoms with Gasteiger partial charge in [-0.1, -0.05) is 0 Å². The van der Waals surface area contributed by atoms with Crippen molar-refractivity contribution in [2.24, 2.45) is 7.05 Å². The van der Waals surface area contributed by atoms with Crippen LogP contribution < -0.4 is 4.74 Å². The average Bonchev–Trinajstić information content (AvgIpc) is 3.25. The molecule has 1 atom stereocenters. The van der Waals surface area contributed by atoms with Gasteiger partial charge in [-0.3, -0.25) is 4.68 Å². The molecule has 0 saturated carbocycles. The summed E-state index contributed by atoms with van der Waals surface area (Å²) in [5.41, 5.74) is 3.16. The van der Waals surface area contributed by atoms with Crippen molar-refractivity contribution >= 4 is 5.52 Å². The van der Waals surface area contributed by atoms with E-state index in [9.17, 15) is 0 Å². The topological polar surface area (TPSA) is 47.6 Å². The Morgan fingerprint density at radius 2 is 2.17 bits per heavy atom. The third-order valence-electron chi connectivity index (χ3n) is 4.68. The van der Waals surface area contributed by atoms with E-state index in [1.807, 2.05) is 40.8 Å². The van der Waals surface area contributed by atoms with Gasteiger partial charge in [0.1, 0.15) is 12.3 Å². The van der Waals surface area contributed by atoms with Crippen LogP contribution in [0.5, 0.6) is 5.75 Å². The molecular formula is C17H21N5O. The van der Waals surface area contributed by atoms with Crippen LogP contribution in [0.2, 0.25) is 0 Å². The third kappa shape index (κ3) is 2.59. The second-order valence-corrected chi connectivity index (χ2v) is 6.18. The Labute approximate surface area is 135 Å². The average molecular weight is 311 g/mol. The number of nitrogens with zero attached hydrogens (tertiary/aromatic N) is 5. The summed E-state index contributed by atoms with van der Waals surface area (Å²) in [5, 5.41) is 8.62. The van der Waals surface area contributed by atoms with Gasteiger partial charge < -0.3 is 9.64 Å². The molecule has 6 heteroatoms. The Morgan fingerprint density at radius 3 is 3.00 bits per heavy atom. The molecule has 0 N–H and O–H groups in total. The summed E-state index contributed by atoms with van der Waals surface area (Å²) in [7, 11) is 4.11. The largest absolute Gasteiger partial charge is 0.488 e. The highest BCUT2D eigenvalue weighted by Gasteiger charge is 2.22. The van der Waals surface area contributed by atoms with Gasteiger partial charge in [0, 0.05) is 31.0 Å². The molecule has 0 amide bonds. The van der Waals surface area contributed by atoms with Crippen LogP contribution in [0.25, 0.3) is 16.8 Å². The van der Waals surface area contributed by atoms with E-state index in [0.717, 1.165) is 29.1 Å². The summed E-state index contributed by atoms with van der Waals surface area (Å²) in [5.74, 6) is 0.844. The molecule has 0 bridgehead atoms. The van der Waals surface area contributed by atoms with Crippen molar-refractivity contribution in [2.45, 2.75) is 18.9 Å². The van der Waals surface area contributed by atoms with Gasteiger partial charge in [0.15, 0.2) is 5.75 Å². The number of aromatic nitrogens is 4. The van der Waals surface area contributed by atoms with Gasteiger partial charge in [-0.15, -0.1) is 0 Å². The standard InChI is InChI=1S/C17H21N5O/c1-20-8-3-4-15(20)12-23-16-11-19-21(2)17(16)13-6-9-22-14(10-13)5-7-18-22/h5-7,9-11,15H,3-4,8,12H2,1-2H3/t15-/m1/s1. The van der Waals surface area contributed by atoms with E-state index in [-0.39, 0.29) is 0 Å². The summed E-state index contributed by atoms with van der Waals surface area (Å²) >= 11 is 0. The number of fused-ring (bicyclic) bond motifs is 1. The second kappa shape index (κ2) is 5.70. The Morgan fingerprint density at radius 1 is 1.26 bits per heavy atom. The van der Waals surface area contributed by atoms with E-state index in [1.54, 1.807) is 6.20 Å². The van der Waals surface area contributed by atoms with Crippen LogP contribution in [-0.2, 0) is 7.05 Å². The van der Waals surface area contributed by atoms with Gasteiger partial charge in [-0.05, 0) is 44.6 Å². The maximum Gasteiger partial charge on any atom is 0.165 e. The molecule has 23 heavy (non-hydrogen) atoms. The molecule has 1 saturated heterocycles. The lowest BCUT2D eigenvalue weighted by atomic mass is 10.1. The summed E-state index contributed by atoms with van der Waals surface area (Å²) in [6, 6.07) is 6.65. The number of likely N-dealkylation sites (tertiary alicyclic amines) is 1. The van der Waals surface area contributed by atoms with Gasteiger partial charge >= 0.3 is 0 Å². The number of pyridine rings is 1. The lowest BCUT2D eigenvalue weighted by molar-refractivity contribution is 0.199. The van der Waals surface area contributed by atoms with Gasteiger partial charge in [-0.2, -0.15) is 10.2 Å². The van der Waals surface area contributed by atoms with Crippen LogP contribution in [0, 0.1) is 0 Å². The minimum absolute atomic E-state index is 0.500. The highest BCUT2D eigenvalue weighted by molar-refractivity contribution is 5.70. The van der Waals surface area contributed by atoms with Gasteiger partial charge in [-0.25, -0.2) is 4.52 Å². The molecule has 1 fully saturated rings. The van der Waals surface area contributed by atoms with Crippen LogP contribution in [0.1, 0.15) is 12.8 Å². The van der Waals surface area contributed by atoms with Crippen LogP contribution in [0.15, 0.2) is 36.8 Å². The maximum atomic E-state index is 6.11. The first kappa shape index (κ1) is 14.3. The number of aryl methyl sites for hydroxylation is 1. The van der Waals surface area contributed by atoms with Gasteiger partial charge in [0.2, 0.25) is 0 Å². The van der Waals surface area contributed by atoms with Crippen molar-refractivity contribution in [1.29, 1.82) is 0 Å². The molecule has 4 rings (SSSR count). The minimum atomic E-state index is 0.500. The molecule has 1 aliphatic heterocycles. The molecule has 6 nitrogen and oxygen atoms in total. The fourth-order valence-electron chi connectivity index (χ4n) is 3.30. The lowest BCUT2D eigenvalue weighted by Crippen LogP contribution is -2.30. The smallest absolute Gasteiger partial charge is 0.165 e. The third-order valence-corrected chi connectivity index (χ3v) is 4.68. The predicted molar refractivity (Wildman–Crippen MR) is 88.5 cm³/mol. The van der Waals surface area contributed by atoms with Crippen molar-refractivity contribution in [3.05, 3.63) is 36.8 Å². The maximum absolute atomic E-state index is 6.11. The molecular weight excluding hydrogens is 290 g/mol. The molecule has 0 aromatic carbocycles. The number of ether oxygens (including phenoxy) is 1. The van der Waals surface area contributed by atoms with Gasteiger partial charge in [0.25, 0.3) is 0 Å². The van der Waals surface area contributed by atoms with Crippen molar-refractivity contribution < 1.29 is 4.74 Å². The summed E-state index contributed by atoms with van der Waals surface area (Å²) in [6.45, 7) is 1.87. The Kier molecular flexibility index (Phi) is 3.53. The molecule has 3 aromatic rings. The molecule has 1 aliphatic rings. The zero-order chi connectivity index (χ0) is 15.8. The first-order valence-corrected chi connectivity index (χ1v) is 8.01. The van der Waals surface area contributed by atoms with Crippen LogP contribution in [-0.4, -0.2) is 50.5 Å². The molecule has 0 unspecified atom stereocenters. The summed E-state index contributed by atoms with van der Waals surface area (Å²) in [4.78, 5) is 2.37. The molecule has 120 valence electrons. The number of rotatable bonds is 4. The number of likely N-dealkylation sites (N-methyl/N-ethyl adjacent to an activating group) is 1. The molecule has 0 aliphatic carbocycles.